The average molecular weight is 483 g/mol. The Labute approximate surface area is 213 Å². The van der Waals surface area contributed by atoms with E-state index in [1.807, 2.05) is 88.7 Å². The fourth-order valence-electron chi connectivity index (χ4n) is 4.54. The lowest BCUT2D eigenvalue weighted by Gasteiger charge is -2.36. The third kappa shape index (κ3) is 7.28. The van der Waals surface area contributed by atoms with Gasteiger partial charge in [0.2, 0.25) is 5.91 Å². The van der Waals surface area contributed by atoms with Crippen LogP contribution in [0.1, 0.15) is 37.8 Å². The van der Waals surface area contributed by atoms with Gasteiger partial charge in [-0.2, -0.15) is 0 Å². The maximum absolute atomic E-state index is 13.5. The van der Waals surface area contributed by atoms with E-state index in [0.29, 0.717) is 12.5 Å². The molecule has 0 spiro atoms. The number of urea groups is 1. The van der Waals surface area contributed by atoms with Crippen molar-refractivity contribution in [1.82, 2.24) is 15.2 Å². The molecule has 6 nitrogen and oxygen atoms in total. The molecule has 2 heterocycles. The number of nitrogens with one attached hydrogen (secondary N) is 1. The maximum atomic E-state index is 13.5. The van der Waals surface area contributed by atoms with Gasteiger partial charge in [0.15, 0.2) is 0 Å². The van der Waals surface area contributed by atoms with Gasteiger partial charge in [-0.3, -0.25) is 14.7 Å². The smallest absolute Gasteiger partial charge is 0.329 e. The zero-order valence-corrected chi connectivity index (χ0v) is 20.6. The normalized spacial score (nSPS) is 14.1. The Hall–Kier alpha value is -3.93. The largest absolute Gasteiger partial charge is 0.353 e. The molecular weight excluding hydrogens is 448 g/mol. The number of hydrogen-bond acceptors (Lipinski definition) is 3. The number of aromatic nitrogens is 1. The third-order valence-electron chi connectivity index (χ3n) is 6.54. The quantitative estimate of drug-likeness (QED) is 0.298. The summed E-state index contributed by atoms with van der Waals surface area (Å²) in [5.74, 6) is 0.532. The molecule has 0 aliphatic carbocycles. The molecule has 1 fully saturated rings. The van der Waals surface area contributed by atoms with Gasteiger partial charge < -0.3 is 10.2 Å². The predicted octanol–water partition coefficient (Wildman–Crippen LogP) is 6.05. The minimum absolute atomic E-state index is 0.0346. The number of nitrogens with zero attached hydrogens (tertiary/aromatic N) is 3. The third-order valence-corrected chi connectivity index (χ3v) is 6.54. The van der Waals surface area contributed by atoms with Crippen LogP contribution < -0.4 is 10.2 Å². The molecule has 186 valence electrons. The van der Waals surface area contributed by atoms with Crippen molar-refractivity contribution in [2.45, 2.75) is 32.1 Å². The number of anilines is 2. The molecule has 2 aromatic carbocycles. The second-order valence-corrected chi connectivity index (χ2v) is 9.09. The highest BCUT2D eigenvalue weighted by Crippen LogP contribution is 2.29. The highest BCUT2D eigenvalue weighted by molar-refractivity contribution is 5.99. The van der Waals surface area contributed by atoms with Gasteiger partial charge in [-0.25, -0.2) is 4.79 Å². The summed E-state index contributed by atoms with van der Waals surface area (Å²) in [5, 5.41) is 2.94. The summed E-state index contributed by atoms with van der Waals surface area (Å²) in [6.45, 7) is 2.22. The van der Waals surface area contributed by atoms with Crippen LogP contribution in [0.15, 0.2) is 91.1 Å². The first kappa shape index (κ1) is 25.2. The van der Waals surface area contributed by atoms with Gasteiger partial charge in [-0.05, 0) is 67.7 Å². The van der Waals surface area contributed by atoms with Crippen LogP contribution in [0.4, 0.5) is 16.2 Å². The number of pyridine rings is 1. The lowest BCUT2D eigenvalue weighted by atomic mass is 9.91. The summed E-state index contributed by atoms with van der Waals surface area (Å²) in [6, 6.07) is 25.3. The highest BCUT2D eigenvalue weighted by Gasteiger charge is 2.27. The minimum atomic E-state index is -0.0890. The first-order chi connectivity index (χ1) is 17.7. The fourth-order valence-corrected chi connectivity index (χ4v) is 4.54. The van der Waals surface area contributed by atoms with E-state index in [-0.39, 0.29) is 11.9 Å². The number of carbonyl (C=O) groups is 2. The zero-order valence-electron chi connectivity index (χ0n) is 20.6. The van der Waals surface area contributed by atoms with Crippen LogP contribution in [-0.4, -0.2) is 41.5 Å². The molecule has 1 aliphatic heterocycles. The minimum Gasteiger partial charge on any atom is -0.353 e. The number of likely N-dealkylation sites (tertiary alicyclic amines) is 1. The van der Waals surface area contributed by atoms with Crippen molar-refractivity contribution >= 4 is 29.4 Å². The Balaban J connectivity index is 1.19. The number of para-hydroxylation sites is 2. The Bertz CT molecular complexity index is 1070. The van der Waals surface area contributed by atoms with Crippen molar-refractivity contribution in [3.05, 3.63) is 96.8 Å². The lowest BCUT2D eigenvalue weighted by molar-refractivity contribution is -0.116. The highest BCUT2D eigenvalue weighted by atomic mass is 16.2. The van der Waals surface area contributed by atoms with E-state index < -0.39 is 0 Å². The van der Waals surface area contributed by atoms with Crippen molar-refractivity contribution in [2.75, 3.05) is 24.5 Å². The fraction of sp³-hybridized carbons (Fsp3) is 0.300. The van der Waals surface area contributed by atoms with Crippen LogP contribution in [0.3, 0.4) is 0 Å². The molecular formula is C30H34N4O2. The zero-order chi connectivity index (χ0) is 25.0. The van der Waals surface area contributed by atoms with E-state index in [0.717, 1.165) is 62.3 Å². The van der Waals surface area contributed by atoms with Crippen LogP contribution in [0.25, 0.3) is 6.08 Å². The molecule has 4 rings (SSSR count). The van der Waals surface area contributed by atoms with Crippen LogP contribution in [0.5, 0.6) is 0 Å². The van der Waals surface area contributed by atoms with E-state index >= 15 is 0 Å². The number of hydrogen-bond donors (Lipinski definition) is 1. The van der Waals surface area contributed by atoms with E-state index in [1.165, 1.54) is 6.08 Å². The van der Waals surface area contributed by atoms with E-state index in [1.54, 1.807) is 12.3 Å². The topological polar surface area (TPSA) is 65.5 Å². The number of piperidine rings is 1. The second-order valence-electron chi connectivity index (χ2n) is 9.09. The molecule has 0 bridgehead atoms. The molecule has 1 aromatic heterocycles. The Morgan fingerprint density at radius 1 is 0.889 bits per heavy atom. The summed E-state index contributed by atoms with van der Waals surface area (Å²) in [5.41, 5.74) is 2.54. The van der Waals surface area contributed by atoms with Gasteiger partial charge in [-0.1, -0.05) is 55.3 Å². The monoisotopic (exact) mass is 482 g/mol. The predicted molar refractivity (Wildman–Crippen MR) is 145 cm³/mol. The Kier molecular flexibility index (Phi) is 9.26. The number of rotatable bonds is 9. The first-order valence-electron chi connectivity index (χ1n) is 12.8. The van der Waals surface area contributed by atoms with Crippen molar-refractivity contribution < 1.29 is 9.59 Å². The van der Waals surface area contributed by atoms with Gasteiger partial charge in [-0.15, -0.1) is 0 Å². The van der Waals surface area contributed by atoms with Crippen LogP contribution in [-0.2, 0) is 4.79 Å². The molecule has 1 N–H and O–H groups in total. The molecule has 0 atom stereocenters. The molecule has 0 unspecified atom stereocenters. The first-order valence-corrected chi connectivity index (χ1v) is 12.8. The van der Waals surface area contributed by atoms with E-state index in [4.69, 9.17) is 0 Å². The van der Waals surface area contributed by atoms with Crippen molar-refractivity contribution in [2.24, 2.45) is 5.92 Å². The standard InChI is InChI=1S/C30H34N4O2/c35-29(18-17-26-12-8-10-21-31-26)32-22-9-7-11-25-19-23-33(24-20-25)30(36)34(27-13-3-1-4-14-27)28-15-5-2-6-16-28/h1-6,8,10,12-18,21,25H,7,9,11,19-20,22-24H2,(H,32,35). The molecule has 0 radical (unpaired) electrons. The summed E-state index contributed by atoms with van der Waals surface area (Å²) >= 11 is 0. The summed E-state index contributed by atoms with van der Waals surface area (Å²) in [4.78, 5) is 33.5. The van der Waals surface area contributed by atoms with Gasteiger partial charge >= 0.3 is 6.03 Å². The molecule has 1 saturated heterocycles. The van der Waals surface area contributed by atoms with Gasteiger partial charge in [0.05, 0.1) is 17.1 Å². The molecule has 3 amide bonds. The van der Waals surface area contributed by atoms with Gasteiger partial charge in [0, 0.05) is 31.9 Å². The van der Waals surface area contributed by atoms with E-state index in [9.17, 15) is 9.59 Å². The number of unbranched alkanes of at least 4 members (excludes halogenated alkanes) is 1. The Morgan fingerprint density at radius 3 is 2.14 bits per heavy atom. The molecule has 0 saturated carbocycles. The van der Waals surface area contributed by atoms with Gasteiger partial charge in [0.1, 0.15) is 0 Å². The molecule has 6 heteroatoms. The summed E-state index contributed by atoms with van der Waals surface area (Å²) in [6.07, 6.45) is 10.2. The number of benzene rings is 2. The summed E-state index contributed by atoms with van der Waals surface area (Å²) in [7, 11) is 0. The van der Waals surface area contributed by atoms with Crippen molar-refractivity contribution in [3.8, 4) is 0 Å². The molecule has 36 heavy (non-hydrogen) atoms. The maximum Gasteiger partial charge on any atom is 0.329 e. The van der Waals surface area contributed by atoms with Crippen LogP contribution in [0.2, 0.25) is 0 Å². The lowest BCUT2D eigenvalue weighted by Crippen LogP contribution is -2.45. The summed E-state index contributed by atoms with van der Waals surface area (Å²) < 4.78 is 0. The number of carbonyl (C=O) groups excluding carboxylic acids is 2. The molecule has 1 aliphatic rings. The van der Waals surface area contributed by atoms with Gasteiger partial charge in [0.25, 0.3) is 0 Å². The SMILES string of the molecule is O=C(C=Cc1ccccn1)NCCCCC1CCN(C(=O)N(c2ccccc2)c2ccccc2)CC1. The number of amides is 3. The van der Waals surface area contributed by atoms with Crippen LogP contribution in [0, 0.1) is 5.92 Å². The van der Waals surface area contributed by atoms with Crippen LogP contribution >= 0.6 is 0 Å². The average Bonchev–Trinajstić information content (AvgIpc) is 2.94. The second kappa shape index (κ2) is 13.2. The van der Waals surface area contributed by atoms with E-state index in [2.05, 4.69) is 10.3 Å². The molecule has 3 aromatic rings. The Morgan fingerprint density at radius 2 is 1.53 bits per heavy atom. The van der Waals surface area contributed by atoms with Crippen molar-refractivity contribution in [1.29, 1.82) is 0 Å². The van der Waals surface area contributed by atoms with Crippen molar-refractivity contribution in [3.63, 3.8) is 0 Å².